The van der Waals surface area contributed by atoms with Gasteiger partial charge in [0.2, 0.25) is 0 Å². The van der Waals surface area contributed by atoms with Gasteiger partial charge in [0.05, 0.1) is 17.4 Å². The van der Waals surface area contributed by atoms with E-state index in [2.05, 4.69) is 45.2 Å². The maximum Gasteiger partial charge on any atom is 0.195 e. The smallest absolute Gasteiger partial charge is 0.195 e. The van der Waals surface area contributed by atoms with E-state index >= 15 is 0 Å². The van der Waals surface area contributed by atoms with Crippen LogP contribution in [0.15, 0.2) is 0 Å². The summed E-state index contributed by atoms with van der Waals surface area (Å²) in [7, 11) is 0. The molecule has 1 aromatic rings. The molecule has 0 spiro atoms. The van der Waals surface area contributed by atoms with Crippen molar-refractivity contribution < 1.29 is 9.90 Å². The van der Waals surface area contributed by atoms with Crippen LogP contribution in [0, 0.1) is 5.77 Å². The summed E-state index contributed by atoms with van der Waals surface area (Å²) in [5.74, 6) is -0.230. The maximum atomic E-state index is 11.5. The lowest BCUT2D eigenvalue weighted by Crippen LogP contribution is -2.26. The predicted octanol–water partition coefficient (Wildman–Crippen LogP) is 1.51. The molecule has 2 atom stereocenters. The second-order valence-electron chi connectivity index (χ2n) is 2.77. The Labute approximate surface area is 106 Å². The van der Waals surface area contributed by atoms with Crippen LogP contribution >= 0.6 is 56.5 Å². The van der Waals surface area contributed by atoms with Crippen molar-refractivity contribution in [3.8, 4) is 0 Å². The highest BCUT2D eigenvalue weighted by Crippen LogP contribution is 2.41. The van der Waals surface area contributed by atoms with Crippen molar-refractivity contribution in [1.82, 2.24) is 0 Å². The zero-order valence-corrected chi connectivity index (χ0v) is 11.4. The molecule has 70 valence electrons. The molecule has 0 bridgehead atoms. The molecule has 3 nitrogen and oxygen atoms in total. The molecule has 1 aliphatic rings. The number of halogens is 2. The van der Waals surface area contributed by atoms with Gasteiger partial charge in [-0.1, -0.05) is 0 Å². The fraction of sp³-hybridized carbons (Fsp3) is 0.286. The Hall–Kier alpha value is 0.750. The molecule has 0 aliphatic heterocycles. The van der Waals surface area contributed by atoms with E-state index in [0.29, 0.717) is 5.56 Å². The van der Waals surface area contributed by atoms with Crippen molar-refractivity contribution in [1.29, 1.82) is 0 Å². The molecule has 3 N–H and O–H groups in total. The van der Waals surface area contributed by atoms with Crippen molar-refractivity contribution >= 4 is 62.3 Å². The van der Waals surface area contributed by atoms with Crippen molar-refractivity contribution in [3.05, 3.63) is 16.9 Å². The second-order valence-corrected chi connectivity index (χ2v) is 7.42. The summed E-state index contributed by atoms with van der Waals surface area (Å²) in [6.45, 7) is 0. The number of ketones is 1. The third kappa shape index (κ3) is 1.37. The van der Waals surface area contributed by atoms with E-state index in [9.17, 15) is 9.90 Å². The molecule has 0 fully saturated rings. The maximum absolute atomic E-state index is 11.5. The average Bonchev–Trinajstić information content (AvgIpc) is 2.47. The first-order chi connectivity index (χ1) is 6.04. The zero-order valence-electron chi connectivity index (χ0n) is 6.25. The van der Waals surface area contributed by atoms with Crippen LogP contribution in [0.1, 0.15) is 22.0 Å². The van der Waals surface area contributed by atoms with Crippen LogP contribution in [0.2, 0.25) is 0 Å². The average molecular weight is 421 g/mol. The quantitative estimate of drug-likeness (QED) is 0.625. The number of Topliss-reactive ketones (excluding diaryl/α,β-unsaturated/α-hetero) is 1. The van der Waals surface area contributed by atoms with Crippen LogP contribution in [0.3, 0.4) is 0 Å². The Kier molecular flexibility index (Phi) is 2.69. The molecule has 0 radical (unpaired) electrons. The molecule has 0 saturated carbocycles. The Morgan fingerprint density at radius 3 is 2.54 bits per heavy atom. The Morgan fingerprint density at radius 2 is 2.00 bits per heavy atom. The number of carbonyl (C=O) groups is 1. The highest BCUT2D eigenvalue weighted by Gasteiger charge is 2.40. The Morgan fingerprint density at radius 1 is 1.38 bits per heavy atom. The monoisotopic (exact) mass is 421 g/mol. The molecular weight excluding hydrogens is 416 g/mol. The first-order valence-corrected chi connectivity index (χ1v) is 6.47. The number of thiophene rings is 1. The van der Waals surface area contributed by atoms with Gasteiger partial charge < -0.3 is 10.8 Å². The minimum atomic E-state index is -1.04. The number of hydrogen-bond donors (Lipinski definition) is 2. The third-order valence-electron chi connectivity index (χ3n) is 2.05. The van der Waals surface area contributed by atoms with Gasteiger partial charge >= 0.3 is 0 Å². The number of rotatable bonds is 0. The van der Waals surface area contributed by atoms with Gasteiger partial charge in [0.1, 0.15) is 6.10 Å². The molecule has 1 aliphatic carbocycles. The fourth-order valence-corrected chi connectivity index (χ4v) is 5.97. The van der Waals surface area contributed by atoms with Crippen LogP contribution in [-0.2, 0) is 0 Å². The lowest BCUT2D eigenvalue weighted by atomic mass is 10.2. The second kappa shape index (κ2) is 3.40. The van der Waals surface area contributed by atoms with Gasteiger partial charge in [-0.2, -0.15) is 0 Å². The molecule has 0 saturated heterocycles. The predicted molar refractivity (Wildman–Crippen MR) is 67.0 cm³/mol. The van der Waals surface area contributed by atoms with Gasteiger partial charge in [-0.3, -0.25) is 4.79 Å². The molecule has 2 unspecified atom stereocenters. The lowest BCUT2D eigenvalue weighted by Gasteiger charge is -2.07. The minimum Gasteiger partial charge on any atom is -0.383 e. The Bertz CT molecular complexity index is 390. The summed E-state index contributed by atoms with van der Waals surface area (Å²) in [6, 6.07) is -0.533. The highest BCUT2D eigenvalue weighted by molar-refractivity contribution is 14.1. The highest BCUT2D eigenvalue weighted by atomic mass is 127. The molecule has 6 heteroatoms. The molecule has 0 aromatic carbocycles. The van der Waals surface area contributed by atoms with E-state index in [1.54, 1.807) is 11.3 Å². The fourth-order valence-electron chi connectivity index (χ4n) is 1.38. The van der Waals surface area contributed by atoms with Crippen LogP contribution in [-0.4, -0.2) is 17.0 Å². The molecular formula is C7H5I2NO2S. The van der Waals surface area contributed by atoms with Gasteiger partial charge in [-0.25, -0.2) is 0 Å². The largest absolute Gasteiger partial charge is 0.383 e. The van der Waals surface area contributed by atoms with E-state index in [-0.39, 0.29) is 5.78 Å². The minimum absolute atomic E-state index is 0.230. The van der Waals surface area contributed by atoms with Gasteiger partial charge in [-0.15, -0.1) is 11.3 Å². The van der Waals surface area contributed by atoms with Gasteiger partial charge in [-0.05, 0) is 45.2 Å². The summed E-state index contributed by atoms with van der Waals surface area (Å²) < 4.78 is 1.93. The Balaban J connectivity index is 2.68. The molecule has 1 aromatic heterocycles. The first kappa shape index (κ1) is 10.3. The molecule has 2 rings (SSSR count). The number of hydrogen-bond acceptors (Lipinski definition) is 4. The van der Waals surface area contributed by atoms with Crippen molar-refractivity contribution in [2.75, 3.05) is 0 Å². The van der Waals surface area contributed by atoms with Crippen LogP contribution in [0.5, 0.6) is 0 Å². The third-order valence-corrected chi connectivity index (χ3v) is 5.27. The number of nitrogens with two attached hydrogens (primary N) is 1. The summed E-state index contributed by atoms with van der Waals surface area (Å²) in [5, 5.41) is 9.45. The standard InChI is InChI=1S/C7H5I2NO2S/c8-6-1-2(7(9)13-6)4(11)5(12)3(1)10/h3,5,12H,10H2. The van der Waals surface area contributed by atoms with Gasteiger partial charge in [0.15, 0.2) is 5.78 Å². The number of carbonyl (C=O) groups excluding carboxylic acids is 1. The van der Waals surface area contributed by atoms with Crippen LogP contribution < -0.4 is 5.73 Å². The summed E-state index contributed by atoms with van der Waals surface area (Å²) in [5.41, 5.74) is 7.18. The van der Waals surface area contributed by atoms with Crippen molar-refractivity contribution in [2.45, 2.75) is 12.1 Å². The molecule has 1 heterocycles. The van der Waals surface area contributed by atoms with E-state index in [1.807, 2.05) is 0 Å². The normalized spacial score (nSPS) is 26.6. The van der Waals surface area contributed by atoms with Crippen molar-refractivity contribution in [2.24, 2.45) is 5.73 Å². The van der Waals surface area contributed by atoms with Crippen molar-refractivity contribution in [3.63, 3.8) is 0 Å². The summed E-state index contributed by atoms with van der Waals surface area (Å²) in [6.07, 6.45) is -1.04. The summed E-state index contributed by atoms with van der Waals surface area (Å²) >= 11 is 5.80. The van der Waals surface area contributed by atoms with E-state index in [4.69, 9.17) is 5.73 Å². The van der Waals surface area contributed by atoms with Crippen LogP contribution in [0.4, 0.5) is 0 Å². The lowest BCUT2D eigenvalue weighted by molar-refractivity contribution is 0.0735. The van der Waals surface area contributed by atoms with E-state index in [0.717, 1.165) is 11.3 Å². The molecule has 0 amide bonds. The summed E-state index contributed by atoms with van der Waals surface area (Å²) in [4.78, 5) is 11.5. The number of aliphatic hydroxyl groups excluding tert-OH is 1. The number of aliphatic hydroxyl groups is 1. The number of fused-ring (bicyclic) bond motifs is 1. The van der Waals surface area contributed by atoms with Crippen LogP contribution in [0.25, 0.3) is 0 Å². The van der Waals surface area contributed by atoms with Gasteiger partial charge in [0, 0.05) is 5.56 Å². The van der Waals surface area contributed by atoms with E-state index in [1.165, 1.54) is 0 Å². The topological polar surface area (TPSA) is 63.3 Å². The zero-order chi connectivity index (χ0) is 9.75. The van der Waals surface area contributed by atoms with E-state index < -0.39 is 12.1 Å². The molecule has 13 heavy (non-hydrogen) atoms. The first-order valence-electron chi connectivity index (χ1n) is 3.49. The van der Waals surface area contributed by atoms with Gasteiger partial charge in [0.25, 0.3) is 0 Å². The SMILES string of the molecule is NC1c2c(I)sc(I)c2C(=O)C1O.